The number of piperidine rings is 1. The zero-order valence-corrected chi connectivity index (χ0v) is 13.3. The molecule has 120 valence electrons. The molecule has 2 fully saturated rings. The number of benzene rings is 1. The lowest BCUT2D eigenvalue weighted by atomic mass is 9.96. The van der Waals surface area contributed by atoms with Gasteiger partial charge in [-0.2, -0.15) is 5.26 Å². The Kier molecular flexibility index (Phi) is 4.08. The molecular weight excluding hydrogens is 290 g/mol. The molecule has 1 aliphatic carbocycles. The van der Waals surface area contributed by atoms with Gasteiger partial charge in [0.1, 0.15) is 11.5 Å². The standard InChI is InChI=1S/C18H21N3O2/c1-13-5-4-10-21(12-13)17(23)18(8-9-18)16(22)20-15-7-3-2-6-14(15)11-19/h2-3,6-7,13H,4-5,8-10,12H2,1H3,(H,20,22). The molecule has 1 saturated carbocycles. The number of carbonyl (C=O) groups is 2. The SMILES string of the molecule is CC1CCCN(C(=O)C2(C(=O)Nc3ccccc3C#N)CC2)C1. The molecule has 1 atom stereocenters. The lowest BCUT2D eigenvalue weighted by Gasteiger charge is -2.33. The van der Waals surface area contributed by atoms with Crippen LogP contribution in [0.25, 0.3) is 0 Å². The number of carbonyl (C=O) groups excluding carboxylic acids is 2. The fourth-order valence-corrected chi connectivity index (χ4v) is 3.27. The van der Waals surface area contributed by atoms with Crippen LogP contribution in [-0.2, 0) is 9.59 Å². The molecule has 1 aromatic rings. The minimum Gasteiger partial charge on any atom is -0.342 e. The first-order valence-electron chi connectivity index (χ1n) is 8.17. The van der Waals surface area contributed by atoms with Crippen molar-refractivity contribution in [1.29, 1.82) is 5.26 Å². The summed E-state index contributed by atoms with van der Waals surface area (Å²) in [5, 5.41) is 11.9. The maximum Gasteiger partial charge on any atom is 0.240 e. The lowest BCUT2D eigenvalue weighted by molar-refractivity contribution is -0.143. The second kappa shape index (κ2) is 6.04. The van der Waals surface area contributed by atoms with Gasteiger partial charge in [0.25, 0.3) is 0 Å². The molecule has 1 unspecified atom stereocenters. The number of amides is 2. The molecule has 0 bridgehead atoms. The molecule has 5 heteroatoms. The van der Waals surface area contributed by atoms with Crippen molar-refractivity contribution in [3.8, 4) is 6.07 Å². The normalized spacial score (nSPS) is 22.1. The highest BCUT2D eigenvalue weighted by Gasteiger charge is 2.58. The van der Waals surface area contributed by atoms with E-state index < -0.39 is 5.41 Å². The van der Waals surface area contributed by atoms with Crippen LogP contribution in [-0.4, -0.2) is 29.8 Å². The number of nitrogens with zero attached hydrogens (tertiary/aromatic N) is 2. The van der Waals surface area contributed by atoms with Gasteiger partial charge < -0.3 is 10.2 Å². The summed E-state index contributed by atoms with van der Waals surface area (Å²) in [6.45, 7) is 3.62. The van der Waals surface area contributed by atoms with Crippen LogP contribution in [0.2, 0.25) is 0 Å². The van der Waals surface area contributed by atoms with E-state index in [0.717, 1.165) is 25.9 Å². The van der Waals surface area contributed by atoms with Crippen LogP contribution in [0, 0.1) is 22.7 Å². The predicted molar refractivity (Wildman–Crippen MR) is 86.4 cm³/mol. The molecule has 5 nitrogen and oxygen atoms in total. The van der Waals surface area contributed by atoms with Crippen molar-refractivity contribution in [3.05, 3.63) is 29.8 Å². The molecule has 2 amide bonds. The summed E-state index contributed by atoms with van der Waals surface area (Å²) in [6, 6.07) is 8.93. The number of rotatable bonds is 3. The van der Waals surface area contributed by atoms with E-state index in [1.54, 1.807) is 24.3 Å². The number of hydrogen-bond donors (Lipinski definition) is 1. The topological polar surface area (TPSA) is 73.2 Å². The van der Waals surface area contributed by atoms with Crippen molar-refractivity contribution >= 4 is 17.5 Å². The summed E-state index contributed by atoms with van der Waals surface area (Å²) in [7, 11) is 0. The van der Waals surface area contributed by atoms with Gasteiger partial charge in [0.05, 0.1) is 11.3 Å². The number of anilines is 1. The van der Waals surface area contributed by atoms with E-state index in [9.17, 15) is 9.59 Å². The molecule has 1 heterocycles. The zero-order valence-electron chi connectivity index (χ0n) is 13.3. The van der Waals surface area contributed by atoms with E-state index >= 15 is 0 Å². The Balaban J connectivity index is 1.74. The molecule has 0 radical (unpaired) electrons. The van der Waals surface area contributed by atoms with Crippen LogP contribution < -0.4 is 5.32 Å². The van der Waals surface area contributed by atoms with Gasteiger partial charge >= 0.3 is 0 Å². The third-order valence-electron chi connectivity index (χ3n) is 4.83. The second-order valence-electron chi connectivity index (χ2n) is 6.69. The van der Waals surface area contributed by atoms with E-state index in [-0.39, 0.29) is 11.8 Å². The van der Waals surface area contributed by atoms with Crippen molar-refractivity contribution in [2.75, 3.05) is 18.4 Å². The van der Waals surface area contributed by atoms with Crippen LogP contribution in [0.15, 0.2) is 24.3 Å². The summed E-state index contributed by atoms with van der Waals surface area (Å²) in [5.74, 6) is 0.172. The smallest absolute Gasteiger partial charge is 0.240 e. The summed E-state index contributed by atoms with van der Waals surface area (Å²) >= 11 is 0. The van der Waals surface area contributed by atoms with Gasteiger partial charge in [-0.25, -0.2) is 0 Å². The van der Waals surface area contributed by atoms with Crippen molar-refractivity contribution < 1.29 is 9.59 Å². The molecular formula is C18H21N3O2. The first-order valence-corrected chi connectivity index (χ1v) is 8.17. The highest BCUT2D eigenvalue weighted by molar-refractivity contribution is 6.13. The average Bonchev–Trinajstić information content (AvgIpc) is 3.36. The Labute approximate surface area is 136 Å². The van der Waals surface area contributed by atoms with Crippen molar-refractivity contribution in [3.63, 3.8) is 0 Å². The van der Waals surface area contributed by atoms with Crippen LogP contribution in [0.1, 0.15) is 38.2 Å². The van der Waals surface area contributed by atoms with E-state index in [1.165, 1.54) is 0 Å². The maximum absolute atomic E-state index is 12.8. The monoisotopic (exact) mass is 311 g/mol. The molecule has 1 saturated heterocycles. The van der Waals surface area contributed by atoms with Crippen molar-refractivity contribution in [2.24, 2.45) is 11.3 Å². The Bertz CT molecular complexity index is 673. The van der Waals surface area contributed by atoms with Crippen molar-refractivity contribution in [1.82, 2.24) is 4.90 Å². The molecule has 1 N–H and O–H groups in total. The second-order valence-corrected chi connectivity index (χ2v) is 6.69. The van der Waals surface area contributed by atoms with Gasteiger partial charge in [-0.1, -0.05) is 19.1 Å². The van der Waals surface area contributed by atoms with Gasteiger partial charge in [0.15, 0.2) is 0 Å². The van der Waals surface area contributed by atoms with Crippen molar-refractivity contribution in [2.45, 2.75) is 32.6 Å². The molecule has 1 aliphatic heterocycles. The molecule has 3 rings (SSSR count). The highest BCUT2D eigenvalue weighted by Crippen LogP contribution is 2.48. The number of nitrogens with one attached hydrogen (secondary N) is 1. The van der Waals surface area contributed by atoms with E-state index in [0.29, 0.717) is 30.0 Å². The van der Waals surface area contributed by atoms with Crippen LogP contribution in [0.4, 0.5) is 5.69 Å². The molecule has 23 heavy (non-hydrogen) atoms. The number of para-hydroxylation sites is 1. The van der Waals surface area contributed by atoms with E-state index in [2.05, 4.69) is 18.3 Å². The first kappa shape index (κ1) is 15.5. The van der Waals surface area contributed by atoms with E-state index in [4.69, 9.17) is 5.26 Å². The van der Waals surface area contributed by atoms with Crippen LogP contribution in [0.3, 0.4) is 0 Å². The Morgan fingerprint density at radius 2 is 2.09 bits per heavy atom. The van der Waals surface area contributed by atoms with Crippen LogP contribution in [0.5, 0.6) is 0 Å². The predicted octanol–water partition coefficient (Wildman–Crippen LogP) is 2.54. The van der Waals surface area contributed by atoms with Gasteiger partial charge in [-0.05, 0) is 43.7 Å². The molecule has 0 aromatic heterocycles. The number of likely N-dealkylation sites (tertiary alicyclic amines) is 1. The highest BCUT2D eigenvalue weighted by atomic mass is 16.2. The number of nitriles is 1. The summed E-state index contributed by atoms with van der Waals surface area (Å²) < 4.78 is 0. The summed E-state index contributed by atoms with van der Waals surface area (Å²) in [5.41, 5.74) is -0.0265. The first-order chi connectivity index (χ1) is 11.1. The zero-order chi connectivity index (χ0) is 16.4. The van der Waals surface area contributed by atoms with Gasteiger partial charge in [-0.3, -0.25) is 9.59 Å². The quantitative estimate of drug-likeness (QED) is 0.872. The fourth-order valence-electron chi connectivity index (χ4n) is 3.27. The largest absolute Gasteiger partial charge is 0.342 e. The average molecular weight is 311 g/mol. The minimum absolute atomic E-state index is 0.0454. The third kappa shape index (κ3) is 2.94. The molecule has 0 spiro atoms. The maximum atomic E-state index is 12.8. The summed E-state index contributed by atoms with van der Waals surface area (Å²) in [4.78, 5) is 27.3. The van der Waals surface area contributed by atoms with E-state index in [1.807, 2.05) is 4.90 Å². The lowest BCUT2D eigenvalue weighted by Crippen LogP contribution is -2.46. The minimum atomic E-state index is -0.917. The number of hydrogen-bond acceptors (Lipinski definition) is 3. The van der Waals surface area contributed by atoms with Gasteiger partial charge in [0.2, 0.25) is 11.8 Å². The Morgan fingerprint density at radius 1 is 1.35 bits per heavy atom. The molecule has 2 aliphatic rings. The summed E-state index contributed by atoms with van der Waals surface area (Å²) in [6.07, 6.45) is 3.33. The third-order valence-corrected chi connectivity index (χ3v) is 4.83. The van der Waals surface area contributed by atoms with Crippen LogP contribution >= 0.6 is 0 Å². The fraction of sp³-hybridized carbons (Fsp3) is 0.500. The Hall–Kier alpha value is -2.35. The van der Waals surface area contributed by atoms with Gasteiger partial charge in [0, 0.05) is 13.1 Å². The Morgan fingerprint density at radius 3 is 2.74 bits per heavy atom. The molecule has 1 aromatic carbocycles. The van der Waals surface area contributed by atoms with Gasteiger partial charge in [-0.15, -0.1) is 0 Å².